The lowest BCUT2D eigenvalue weighted by Gasteiger charge is -2.31. The smallest absolute Gasteiger partial charge is 0.319 e. The van der Waals surface area contributed by atoms with E-state index in [0.717, 1.165) is 54.0 Å². The summed E-state index contributed by atoms with van der Waals surface area (Å²) < 4.78 is 0. The van der Waals surface area contributed by atoms with Crippen molar-refractivity contribution in [2.24, 2.45) is 15.9 Å². The molecule has 1 aromatic rings. The molecule has 0 aromatic carbocycles. The topological polar surface area (TPSA) is 91.2 Å². The van der Waals surface area contributed by atoms with Gasteiger partial charge in [0.1, 0.15) is 11.5 Å². The molecule has 7 nitrogen and oxygen atoms in total. The molecular formula is C21H20N4O3S2. The van der Waals surface area contributed by atoms with Crippen LogP contribution in [0.2, 0.25) is 0 Å². The third-order valence-corrected chi connectivity index (χ3v) is 8.87. The minimum atomic E-state index is -0.984. The minimum absolute atomic E-state index is 0.0704. The van der Waals surface area contributed by atoms with Gasteiger partial charge in [0, 0.05) is 10.4 Å². The second-order valence-electron chi connectivity index (χ2n) is 8.34. The number of carbonyl (C=O) groups excluding carboxylic acids is 3. The Hall–Kier alpha value is -2.26. The number of aryl methyl sites for hydroxylation is 1. The highest BCUT2D eigenvalue weighted by molar-refractivity contribution is 8.17. The predicted molar refractivity (Wildman–Crippen MR) is 116 cm³/mol. The van der Waals surface area contributed by atoms with Crippen LogP contribution in [-0.2, 0) is 21.5 Å². The van der Waals surface area contributed by atoms with Crippen molar-refractivity contribution in [3.05, 3.63) is 32.4 Å². The molecule has 1 aromatic heterocycles. The summed E-state index contributed by atoms with van der Waals surface area (Å²) in [6, 6.07) is 1.51. The van der Waals surface area contributed by atoms with Crippen molar-refractivity contribution < 1.29 is 14.4 Å². The van der Waals surface area contributed by atoms with Crippen LogP contribution in [0.3, 0.4) is 0 Å². The van der Waals surface area contributed by atoms with Crippen LogP contribution < -0.4 is 5.32 Å². The summed E-state index contributed by atoms with van der Waals surface area (Å²) in [5, 5.41) is 5.68. The maximum Gasteiger partial charge on any atom is 0.325 e. The summed E-state index contributed by atoms with van der Waals surface area (Å²) in [5.41, 5.74) is 1.11. The van der Waals surface area contributed by atoms with E-state index in [9.17, 15) is 14.4 Å². The number of thiophene rings is 1. The van der Waals surface area contributed by atoms with Gasteiger partial charge in [-0.05, 0) is 66.9 Å². The highest BCUT2D eigenvalue weighted by Crippen LogP contribution is 2.47. The van der Waals surface area contributed by atoms with Gasteiger partial charge >= 0.3 is 6.03 Å². The molecule has 1 fully saturated rings. The molecule has 5 aliphatic rings. The maximum atomic E-state index is 13.4. The van der Waals surface area contributed by atoms with E-state index < -0.39 is 11.6 Å². The number of fused-ring (bicyclic) bond motifs is 4. The molecule has 2 aliphatic carbocycles. The van der Waals surface area contributed by atoms with E-state index in [1.807, 2.05) is 11.4 Å². The van der Waals surface area contributed by atoms with Crippen molar-refractivity contribution in [3.63, 3.8) is 0 Å². The maximum absolute atomic E-state index is 13.4. The number of allylic oxidation sites excluding steroid dienone is 1. The van der Waals surface area contributed by atoms with Gasteiger partial charge in [0.25, 0.3) is 11.8 Å². The lowest BCUT2D eigenvalue weighted by molar-refractivity contribution is -0.131. The van der Waals surface area contributed by atoms with Crippen LogP contribution in [0.1, 0.15) is 49.0 Å². The second kappa shape index (κ2) is 6.62. The van der Waals surface area contributed by atoms with Crippen molar-refractivity contribution in [1.29, 1.82) is 0 Å². The van der Waals surface area contributed by atoms with Crippen LogP contribution >= 0.6 is 23.1 Å². The van der Waals surface area contributed by atoms with E-state index >= 15 is 0 Å². The van der Waals surface area contributed by atoms with E-state index in [1.54, 1.807) is 23.1 Å². The monoisotopic (exact) mass is 440 g/mol. The van der Waals surface area contributed by atoms with E-state index in [0.29, 0.717) is 6.42 Å². The molecule has 2 unspecified atom stereocenters. The summed E-state index contributed by atoms with van der Waals surface area (Å²) in [7, 11) is 0. The number of nitrogens with one attached hydrogen (secondary N) is 1. The van der Waals surface area contributed by atoms with Crippen LogP contribution in [0, 0.1) is 5.92 Å². The van der Waals surface area contributed by atoms with Crippen molar-refractivity contribution in [1.82, 2.24) is 10.2 Å². The molecule has 3 aliphatic heterocycles. The Morgan fingerprint density at radius 3 is 2.90 bits per heavy atom. The number of nitrogens with zero attached hydrogens (tertiary/aromatic N) is 3. The first-order chi connectivity index (χ1) is 14.6. The number of amidine groups is 1. The van der Waals surface area contributed by atoms with Gasteiger partial charge in [0.2, 0.25) is 0 Å². The highest BCUT2D eigenvalue weighted by Gasteiger charge is 2.54. The Balaban J connectivity index is 1.27. The van der Waals surface area contributed by atoms with Crippen molar-refractivity contribution in [2.75, 3.05) is 6.54 Å². The quantitative estimate of drug-likeness (QED) is 0.714. The van der Waals surface area contributed by atoms with E-state index in [2.05, 4.69) is 15.3 Å². The normalized spacial score (nSPS) is 30.2. The number of imide groups is 1. The minimum Gasteiger partial charge on any atom is -0.319 e. The molecule has 0 radical (unpaired) electrons. The summed E-state index contributed by atoms with van der Waals surface area (Å²) >= 11 is 3.21. The fourth-order valence-corrected chi connectivity index (χ4v) is 7.60. The van der Waals surface area contributed by atoms with E-state index in [4.69, 9.17) is 0 Å². The number of amides is 4. The fraction of sp³-hybridized carbons (Fsp3) is 0.476. The first kappa shape index (κ1) is 18.5. The molecule has 1 saturated heterocycles. The zero-order chi connectivity index (χ0) is 20.5. The van der Waals surface area contributed by atoms with Gasteiger partial charge in [-0.1, -0.05) is 11.8 Å². The summed E-state index contributed by atoms with van der Waals surface area (Å²) in [5.74, 6) is -0.564. The molecule has 6 rings (SSSR count). The van der Waals surface area contributed by atoms with Crippen molar-refractivity contribution >= 4 is 51.8 Å². The third-order valence-electron chi connectivity index (χ3n) is 6.64. The van der Waals surface area contributed by atoms with Crippen LogP contribution in [0.4, 0.5) is 4.79 Å². The zero-order valence-electron chi connectivity index (χ0n) is 16.3. The molecule has 0 bridgehead atoms. The molecule has 4 heterocycles. The average Bonchev–Trinajstić information content (AvgIpc) is 3.41. The van der Waals surface area contributed by atoms with Gasteiger partial charge in [0.05, 0.1) is 11.6 Å². The molecule has 1 N–H and O–H groups in total. The Labute approximate surface area is 181 Å². The lowest BCUT2D eigenvalue weighted by atomic mass is 9.80. The number of aliphatic imine (C=N–C) groups is 2. The number of rotatable bonds is 2. The van der Waals surface area contributed by atoms with Gasteiger partial charge < -0.3 is 5.32 Å². The Morgan fingerprint density at radius 2 is 2.00 bits per heavy atom. The number of hydrogen-bond acceptors (Lipinski definition) is 6. The Bertz CT molecular complexity index is 1100. The molecule has 1 spiro atoms. The van der Waals surface area contributed by atoms with Crippen molar-refractivity contribution in [2.45, 2.75) is 50.5 Å². The molecule has 30 heavy (non-hydrogen) atoms. The number of carbonyl (C=O) groups is 3. The third kappa shape index (κ3) is 2.54. The second-order valence-corrected chi connectivity index (χ2v) is 10.5. The summed E-state index contributed by atoms with van der Waals surface area (Å²) in [4.78, 5) is 51.3. The fourth-order valence-electron chi connectivity index (χ4n) is 5.24. The number of urea groups is 1. The van der Waals surface area contributed by atoms with Crippen LogP contribution in [0.5, 0.6) is 0 Å². The van der Waals surface area contributed by atoms with Gasteiger partial charge in [0.15, 0.2) is 5.84 Å². The van der Waals surface area contributed by atoms with Crippen LogP contribution in [0.25, 0.3) is 0 Å². The molecule has 2 atom stereocenters. The number of thioether (sulfide) groups is 1. The van der Waals surface area contributed by atoms with Crippen LogP contribution in [-0.4, -0.2) is 40.2 Å². The SMILES string of the molecule is O=C1N=C(CN2C(=O)NC3(CCCc4sccc43)C2=O)N=C2SC3=C(CCCC3)C12. The van der Waals surface area contributed by atoms with Gasteiger partial charge in [-0.3, -0.25) is 14.5 Å². The van der Waals surface area contributed by atoms with Gasteiger partial charge in [-0.25, -0.2) is 9.79 Å². The highest BCUT2D eigenvalue weighted by atomic mass is 32.2. The molecule has 0 saturated carbocycles. The lowest BCUT2D eigenvalue weighted by Crippen LogP contribution is -2.46. The Kier molecular flexibility index (Phi) is 4.08. The molecule has 154 valence electrons. The first-order valence-corrected chi connectivity index (χ1v) is 12.1. The van der Waals surface area contributed by atoms with Crippen LogP contribution in [0.15, 0.2) is 31.9 Å². The molecule has 9 heteroatoms. The van der Waals surface area contributed by atoms with E-state index in [1.165, 1.54) is 15.4 Å². The zero-order valence-corrected chi connectivity index (χ0v) is 17.9. The summed E-state index contributed by atoms with van der Waals surface area (Å²) in [6.45, 7) is -0.0704. The van der Waals surface area contributed by atoms with Crippen molar-refractivity contribution in [3.8, 4) is 0 Å². The van der Waals surface area contributed by atoms with E-state index in [-0.39, 0.29) is 30.1 Å². The summed E-state index contributed by atoms with van der Waals surface area (Å²) in [6.07, 6.45) is 6.54. The van der Waals surface area contributed by atoms with Gasteiger partial charge in [-0.15, -0.1) is 11.3 Å². The Morgan fingerprint density at radius 1 is 1.13 bits per heavy atom. The average molecular weight is 441 g/mol. The molecular weight excluding hydrogens is 420 g/mol. The first-order valence-electron chi connectivity index (χ1n) is 10.4. The number of hydrogen-bond donors (Lipinski definition) is 1. The molecule has 4 amide bonds. The predicted octanol–water partition coefficient (Wildman–Crippen LogP) is 3.36. The largest absolute Gasteiger partial charge is 0.325 e. The standard InChI is InChI=1S/C21H20N4O3S2/c26-17-16-11-4-1-2-5-13(11)30-18(16)23-15(22-17)10-25-19(27)21(24-20(25)28)8-3-6-14-12(21)7-9-29-14/h7,9,16H,1-6,8,10H2,(H,24,28). The van der Waals surface area contributed by atoms with Gasteiger partial charge in [-0.2, -0.15) is 4.99 Å².